The molecule has 1 amide bonds. The summed E-state index contributed by atoms with van der Waals surface area (Å²) in [6.07, 6.45) is -1.57. The van der Waals surface area contributed by atoms with Gasteiger partial charge in [0.25, 0.3) is 11.6 Å². The molecular weight excluding hydrogens is 414 g/mol. The number of hydrogen-bond acceptors (Lipinski definition) is 7. The molecule has 2 aromatic rings. The number of ether oxygens (including phenoxy) is 1. The molecule has 0 saturated heterocycles. The number of carbonyl (C=O) groups excluding carboxylic acids is 2. The molecule has 1 atom stereocenters. The highest BCUT2D eigenvalue weighted by atomic mass is 32.2. The molecule has 11 heteroatoms. The molecule has 1 N–H and O–H groups in total. The lowest BCUT2D eigenvalue weighted by atomic mass is 10.1. The van der Waals surface area contributed by atoms with Crippen molar-refractivity contribution in [1.82, 2.24) is 4.31 Å². The van der Waals surface area contributed by atoms with E-state index >= 15 is 0 Å². The van der Waals surface area contributed by atoms with E-state index in [0.717, 1.165) is 4.31 Å². The van der Waals surface area contributed by atoms with Crippen molar-refractivity contribution in [3.05, 3.63) is 64.2 Å². The average molecular weight is 435 g/mol. The van der Waals surface area contributed by atoms with Crippen LogP contribution in [-0.4, -0.2) is 49.7 Å². The Hall–Kier alpha value is -3.31. The fraction of sp³-hybridized carbons (Fsp3) is 0.263. The molecule has 0 spiro atoms. The quantitative estimate of drug-likeness (QED) is 0.380. The molecule has 2 aromatic carbocycles. The van der Waals surface area contributed by atoms with Crippen LogP contribution in [0.5, 0.6) is 0 Å². The second-order valence-electron chi connectivity index (χ2n) is 6.50. The fourth-order valence-electron chi connectivity index (χ4n) is 2.48. The van der Waals surface area contributed by atoms with Crippen molar-refractivity contribution in [3.8, 4) is 0 Å². The summed E-state index contributed by atoms with van der Waals surface area (Å²) in [6.45, 7) is 1.34. The molecule has 2 rings (SSSR count). The summed E-state index contributed by atoms with van der Waals surface area (Å²) in [5, 5.41) is 13.5. The lowest BCUT2D eigenvalue weighted by Gasteiger charge is -2.15. The van der Waals surface area contributed by atoms with Gasteiger partial charge in [0.15, 0.2) is 6.10 Å². The summed E-state index contributed by atoms with van der Waals surface area (Å²) in [5.41, 5.74) is 0.164. The largest absolute Gasteiger partial charge is 0.452 e. The normalized spacial score (nSPS) is 12.3. The SMILES string of the molecule is CC(OC(=O)Cc1ccccc1[N+](=O)[O-])C(=O)Nc1cccc(S(=O)(=O)N(C)C)c1. The van der Waals surface area contributed by atoms with Gasteiger partial charge in [0.1, 0.15) is 0 Å². The summed E-state index contributed by atoms with van der Waals surface area (Å²) in [6, 6.07) is 11.4. The lowest BCUT2D eigenvalue weighted by molar-refractivity contribution is -0.385. The molecule has 0 aliphatic heterocycles. The second-order valence-corrected chi connectivity index (χ2v) is 8.65. The minimum absolute atomic E-state index is 0.00802. The first kappa shape index (κ1) is 23.0. The summed E-state index contributed by atoms with van der Waals surface area (Å²) >= 11 is 0. The van der Waals surface area contributed by atoms with Crippen LogP contribution < -0.4 is 5.32 Å². The third kappa shape index (κ3) is 5.61. The molecule has 0 heterocycles. The molecule has 0 radical (unpaired) electrons. The Balaban J connectivity index is 2.04. The second kappa shape index (κ2) is 9.46. The van der Waals surface area contributed by atoms with Crippen LogP contribution in [0.2, 0.25) is 0 Å². The number of nitrogens with zero attached hydrogens (tertiary/aromatic N) is 2. The van der Waals surface area contributed by atoms with E-state index in [4.69, 9.17) is 4.74 Å². The molecule has 160 valence electrons. The van der Waals surface area contributed by atoms with Gasteiger partial charge in [-0.25, -0.2) is 12.7 Å². The van der Waals surface area contributed by atoms with Crippen molar-refractivity contribution in [2.45, 2.75) is 24.3 Å². The Kier molecular flexibility index (Phi) is 7.24. The molecule has 0 aliphatic carbocycles. The molecule has 0 saturated carbocycles. The van der Waals surface area contributed by atoms with Crippen molar-refractivity contribution in [2.24, 2.45) is 0 Å². The van der Waals surface area contributed by atoms with E-state index in [1.165, 1.54) is 63.5 Å². The number of nitro benzene ring substituents is 1. The van der Waals surface area contributed by atoms with Gasteiger partial charge in [-0.15, -0.1) is 0 Å². The molecule has 0 aliphatic rings. The number of hydrogen-bond donors (Lipinski definition) is 1. The van der Waals surface area contributed by atoms with Crippen LogP contribution >= 0.6 is 0 Å². The van der Waals surface area contributed by atoms with Gasteiger partial charge < -0.3 is 10.1 Å². The summed E-state index contributed by atoms with van der Waals surface area (Å²) in [5.74, 6) is -1.49. The van der Waals surface area contributed by atoms with Crippen molar-refractivity contribution in [3.63, 3.8) is 0 Å². The van der Waals surface area contributed by atoms with Crippen LogP contribution in [0.4, 0.5) is 11.4 Å². The minimum Gasteiger partial charge on any atom is -0.452 e. The molecule has 0 aromatic heterocycles. The van der Waals surface area contributed by atoms with E-state index in [1.54, 1.807) is 6.07 Å². The van der Waals surface area contributed by atoms with E-state index in [2.05, 4.69) is 5.32 Å². The van der Waals surface area contributed by atoms with Gasteiger partial charge >= 0.3 is 5.97 Å². The van der Waals surface area contributed by atoms with E-state index in [0.29, 0.717) is 0 Å². The standard InChI is InChI=1S/C19H21N3O7S/c1-13(29-18(23)11-14-7-4-5-10-17(14)22(25)26)19(24)20-15-8-6-9-16(12-15)30(27,28)21(2)3/h4-10,12-13H,11H2,1-3H3,(H,20,24). The Morgan fingerprint density at radius 3 is 2.47 bits per heavy atom. The Morgan fingerprint density at radius 2 is 1.83 bits per heavy atom. The first-order valence-electron chi connectivity index (χ1n) is 8.77. The summed E-state index contributed by atoms with van der Waals surface area (Å²) in [7, 11) is -0.902. The van der Waals surface area contributed by atoms with Gasteiger partial charge in [-0.05, 0) is 25.1 Å². The Morgan fingerprint density at radius 1 is 1.17 bits per heavy atom. The molecule has 10 nitrogen and oxygen atoms in total. The van der Waals surface area contributed by atoms with E-state index in [-0.39, 0.29) is 28.3 Å². The molecule has 0 fully saturated rings. The minimum atomic E-state index is -3.68. The highest BCUT2D eigenvalue weighted by Crippen LogP contribution is 2.20. The predicted molar refractivity (Wildman–Crippen MR) is 108 cm³/mol. The topological polar surface area (TPSA) is 136 Å². The van der Waals surface area contributed by atoms with Crippen LogP contribution in [-0.2, 0) is 30.8 Å². The third-order valence-electron chi connectivity index (χ3n) is 4.08. The number of anilines is 1. The highest BCUT2D eigenvalue weighted by Gasteiger charge is 2.22. The zero-order chi connectivity index (χ0) is 22.5. The molecular formula is C19H21N3O7S. The number of nitrogens with one attached hydrogen (secondary N) is 1. The highest BCUT2D eigenvalue weighted by molar-refractivity contribution is 7.89. The number of sulfonamides is 1. The van der Waals surface area contributed by atoms with Crippen LogP contribution in [0, 0.1) is 10.1 Å². The van der Waals surface area contributed by atoms with Crippen molar-refractivity contribution in [2.75, 3.05) is 19.4 Å². The number of carbonyl (C=O) groups is 2. The van der Waals surface area contributed by atoms with Gasteiger partial charge in [-0.3, -0.25) is 19.7 Å². The van der Waals surface area contributed by atoms with E-state index < -0.39 is 32.9 Å². The van der Waals surface area contributed by atoms with Crippen molar-refractivity contribution >= 4 is 33.3 Å². The number of para-hydroxylation sites is 1. The van der Waals surface area contributed by atoms with Crippen molar-refractivity contribution in [1.29, 1.82) is 0 Å². The summed E-state index contributed by atoms with van der Waals surface area (Å²) < 4.78 is 30.5. The number of benzene rings is 2. The molecule has 0 bridgehead atoms. The number of amides is 1. The summed E-state index contributed by atoms with van der Waals surface area (Å²) in [4.78, 5) is 34.8. The predicted octanol–water partition coefficient (Wildman–Crippen LogP) is 1.96. The van der Waals surface area contributed by atoms with E-state index in [1.807, 2.05) is 0 Å². The number of esters is 1. The molecule has 30 heavy (non-hydrogen) atoms. The maximum absolute atomic E-state index is 12.3. The van der Waals surface area contributed by atoms with Gasteiger partial charge in [-0.1, -0.05) is 24.3 Å². The third-order valence-corrected chi connectivity index (χ3v) is 5.89. The number of nitro groups is 1. The van der Waals surface area contributed by atoms with Gasteiger partial charge in [0, 0.05) is 31.4 Å². The zero-order valence-electron chi connectivity index (χ0n) is 16.6. The van der Waals surface area contributed by atoms with Crippen molar-refractivity contribution < 1.29 is 27.7 Å². The lowest BCUT2D eigenvalue weighted by Crippen LogP contribution is -2.30. The van der Waals surface area contributed by atoms with Gasteiger partial charge in [0.05, 0.1) is 16.2 Å². The van der Waals surface area contributed by atoms with Gasteiger partial charge in [-0.2, -0.15) is 0 Å². The van der Waals surface area contributed by atoms with E-state index in [9.17, 15) is 28.1 Å². The zero-order valence-corrected chi connectivity index (χ0v) is 17.4. The maximum Gasteiger partial charge on any atom is 0.311 e. The average Bonchev–Trinajstić information content (AvgIpc) is 2.68. The van der Waals surface area contributed by atoms with Crippen LogP contribution in [0.3, 0.4) is 0 Å². The Bertz CT molecular complexity index is 1070. The maximum atomic E-state index is 12.3. The van der Waals surface area contributed by atoms with Crippen LogP contribution in [0.1, 0.15) is 12.5 Å². The smallest absolute Gasteiger partial charge is 0.311 e. The van der Waals surface area contributed by atoms with Crippen LogP contribution in [0.15, 0.2) is 53.4 Å². The first-order chi connectivity index (χ1) is 14.0. The fourth-order valence-corrected chi connectivity index (χ4v) is 3.42. The monoisotopic (exact) mass is 435 g/mol. The molecule has 1 unspecified atom stereocenters. The number of rotatable bonds is 8. The van der Waals surface area contributed by atoms with Crippen LogP contribution in [0.25, 0.3) is 0 Å². The Labute approximate surface area is 173 Å². The van der Waals surface area contributed by atoms with Gasteiger partial charge in [0.2, 0.25) is 10.0 Å². The first-order valence-corrected chi connectivity index (χ1v) is 10.2.